The number of nitrogens with zero attached hydrogens (tertiary/aromatic N) is 2. The van der Waals surface area contributed by atoms with Crippen molar-refractivity contribution in [2.24, 2.45) is 0 Å². The van der Waals surface area contributed by atoms with Crippen molar-refractivity contribution >= 4 is 23.4 Å². The maximum atomic E-state index is 12.6. The van der Waals surface area contributed by atoms with Gasteiger partial charge in [0.05, 0.1) is 0 Å². The SMILES string of the molecule is O=C(Nc1cc(N2C[C@H](c3ccccc3)CC2=O)ccn1)NC1CCCCC1. The van der Waals surface area contributed by atoms with Crippen LogP contribution in [0.5, 0.6) is 0 Å². The van der Waals surface area contributed by atoms with Crippen LogP contribution < -0.4 is 15.5 Å². The number of hydrogen-bond acceptors (Lipinski definition) is 3. The molecule has 1 aromatic carbocycles. The molecule has 0 radical (unpaired) electrons. The largest absolute Gasteiger partial charge is 0.335 e. The molecule has 0 spiro atoms. The highest BCUT2D eigenvalue weighted by atomic mass is 16.2. The van der Waals surface area contributed by atoms with Gasteiger partial charge in [-0.15, -0.1) is 0 Å². The molecular weight excluding hydrogens is 352 g/mol. The maximum Gasteiger partial charge on any atom is 0.320 e. The summed E-state index contributed by atoms with van der Waals surface area (Å²) in [4.78, 5) is 30.8. The molecule has 6 nitrogen and oxygen atoms in total. The molecule has 1 atom stereocenters. The second kappa shape index (κ2) is 8.42. The molecule has 2 N–H and O–H groups in total. The lowest BCUT2D eigenvalue weighted by Crippen LogP contribution is -2.39. The van der Waals surface area contributed by atoms with E-state index in [0.717, 1.165) is 18.5 Å². The fraction of sp³-hybridized carbons (Fsp3) is 0.409. The lowest BCUT2D eigenvalue weighted by Gasteiger charge is -2.23. The summed E-state index contributed by atoms with van der Waals surface area (Å²) in [6.45, 7) is 0.639. The molecule has 4 rings (SSSR count). The molecule has 2 aliphatic rings. The maximum absolute atomic E-state index is 12.6. The fourth-order valence-electron chi connectivity index (χ4n) is 4.15. The van der Waals surface area contributed by atoms with Gasteiger partial charge < -0.3 is 10.2 Å². The summed E-state index contributed by atoms with van der Waals surface area (Å²) < 4.78 is 0. The van der Waals surface area contributed by atoms with Crippen molar-refractivity contribution in [2.45, 2.75) is 50.5 Å². The molecule has 1 aliphatic heterocycles. The topological polar surface area (TPSA) is 74.3 Å². The van der Waals surface area contributed by atoms with Crippen LogP contribution in [0.3, 0.4) is 0 Å². The number of carbonyl (C=O) groups excluding carboxylic acids is 2. The minimum absolute atomic E-state index is 0.0951. The van der Waals surface area contributed by atoms with E-state index in [1.165, 1.54) is 24.8 Å². The van der Waals surface area contributed by atoms with Crippen LogP contribution >= 0.6 is 0 Å². The zero-order valence-electron chi connectivity index (χ0n) is 15.9. The first-order chi connectivity index (χ1) is 13.7. The van der Waals surface area contributed by atoms with Gasteiger partial charge in [-0.3, -0.25) is 10.1 Å². The summed E-state index contributed by atoms with van der Waals surface area (Å²) in [5, 5.41) is 5.83. The van der Waals surface area contributed by atoms with E-state index in [1.807, 2.05) is 24.3 Å². The number of carbonyl (C=O) groups is 2. The van der Waals surface area contributed by atoms with Crippen LogP contribution in [-0.4, -0.2) is 29.5 Å². The Labute approximate surface area is 165 Å². The lowest BCUT2D eigenvalue weighted by molar-refractivity contribution is -0.117. The highest BCUT2D eigenvalue weighted by Crippen LogP contribution is 2.32. The first-order valence-corrected chi connectivity index (χ1v) is 10.1. The average Bonchev–Trinajstić information content (AvgIpc) is 3.11. The number of nitrogens with one attached hydrogen (secondary N) is 2. The first-order valence-electron chi connectivity index (χ1n) is 10.1. The van der Waals surface area contributed by atoms with Gasteiger partial charge in [-0.05, 0) is 24.5 Å². The minimum atomic E-state index is -0.230. The molecule has 2 heterocycles. The monoisotopic (exact) mass is 378 g/mol. The third kappa shape index (κ3) is 4.32. The predicted molar refractivity (Wildman–Crippen MR) is 109 cm³/mol. The Kier molecular flexibility index (Phi) is 5.55. The molecular formula is C22H26N4O2. The van der Waals surface area contributed by atoms with Crippen molar-refractivity contribution in [2.75, 3.05) is 16.8 Å². The van der Waals surface area contributed by atoms with Crippen molar-refractivity contribution in [1.82, 2.24) is 10.3 Å². The molecule has 28 heavy (non-hydrogen) atoms. The number of hydrogen-bond donors (Lipinski definition) is 2. The third-order valence-electron chi connectivity index (χ3n) is 5.63. The molecule has 1 saturated heterocycles. The van der Waals surface area contributed by atoms with Crippen LogP contribution in [0.2, 0.25) is 0 Å². The zero-order valence-corrected chi connectivity index (χ0v) is 15.9. The lowest BCUT2D eigenvalue weighted by atomic mass is 9.96. The minimum Gasteiger partial charge on any atom is -0.335 e. The normalized spacial score (nSPS) is 20.2. The van der Waals surface area contributed by atoms with E-state index < -0.39 is 0 Å². The van der Waals surface area contributed by atoms with Gasteiger partial charge in [-0.2, -0.15) is 0 Å². The summed E-state index contributed by atoms with van der Waals surface area (Å²) >= 11 is 0. The van der Waals surface area contributed by atoms with Crippen molar-refractivity contribution in [3.05, 3.63) is 54.2 Å². The van der Waals surface area contributed by atoms with E-state index in [2.05, 4.69) is 27.8 Å². The van der Waals surface area contributed by atoms with E-state index >= 15 is 0 Å². The molecule has 0 unspecified atom stereocenters. The number of benzene rings is 1. The molecule has 146 valence electrons. The Morgan fingerprint density at radius 3 is 2.64 bits per heavy atom. The van der Waals surface area contributed by atoms with Crippen LogP contribution in [0.1, 0.15) is 50.0 Å². The summed E-state index contributed by atoms with van der Waals surface area (Å²) in [7, 11) is 0. The predicted octanol–water partition coefficient (Wildman–Crippen LogP) is 4.06. The van der Waals surface area contributed by atoms with Crippen molar-refractivity contribution in [3.8, 4) is 0 Å². The van der Waals surface area contributed by atoms with Gasteiger partial charge in [-0.25, -0.2) is 9.78 Å². The Morgan fingerprint density at radius 2 is 1.86 bits per heavy atom. The van der Waals surface area contributed by atoms with E-state index in [9.17, 15) is 9.59 Å². The van der Waals surface area contributed by atoms with Crippen molar-refractivity contribution in [1.29, 1.82) is 0 Å². The second-order valence-electron chi connectivity index (χ2n) is 7.65. The number of rotatable bonds is 4. The van der Waals surface area contributed by atoms with Crippen LogP contribution in [0.4, 0.5) is 16.3 Å². The van der Waals surface area contributed by atoms with Gasteiger partial charge in [-0.1, -0.05) is 49.6 Å². The molecule has 3 amide bonds. The Balaban J connectivity index is 1.40. The number of anilines is 2. The molecule has 1 aliphatic carbocycles. The number of amides is 3. The Morgan fingerprint density at radius 1 is 1.07 bits per heavy atom. The second-order valence-corrected chi connectivity index (χ2v) is 7.65. The van der Waals surface area contributed by atoms with Crippen LogP contribution in [0, 0.1) is 0 Å². The van der Waals surface area contributed by atoms with Crippen LogP contribution in [-0.2, 0) is 4.79 Å². The fourth-order valence-corrected chi connectivity index (χ4v) is 4.15. The van der Waals surface area contributed by atoms with Gasteiger partial charge in [0.25, 0.3) is 0 Å². The van der Waals surface area contributed by atoms with Gasteiger partial charge in [0, 0.05) is 42.9 Å². The quantitative estimate of drug-likeness (QED) is 0.843. The Bertz CT molecular complexity index is 833. The highest BCUT2D eigenvalue weighted by molar-refractivity contribution is 5.97. The molecule has 6 heteroatoms. The molecule has 1 aromatic heterocycles. The third-order valence-corrected chi connectivity index (χ3v) is 5.63. The van der Waals surface area contributed by atoms with Gasteiger partial charge >= 0.3 is 6.03 Å². The van der Waals surface area contributed by atoms with Crippen molar-refractivity contribution in [3.63, 3.8) is 0 Å². The van der Waals surface area contributed by atoms with E-state index in [1.54, 1.807) is 17.2 Å². The van der Waals surface area contributed by atoms with Crippen LogP contribution in [0.25, 0.3) is 0 Å². The van der Waals surface area contributed by atoms with Crippen molar-refractivity contribution < 1.29 is 9.59 Å². The average molecular weight is 378 g/mol. The summed E-state index contributed by atoms with van der Waals surface area (Å²) in [6, 6.07) is 13.7. The van der Waals surface area contributed by atoms with E-state index in [0.29, 0.717) is 18.8 Å². The summed E-state index contributed by atoms with van der Waals surface area (Å²) in [6.07, 6.45) is 7.77. The number of urea groups is 1. The number of pyridine rings is 1. The van der Waals surface area contributed by atoms with Crippen LogP contribution in [0.15, 0.2) is 48.7 Å². The molecule has 2 fully saturated rings. The van der Waals surface area contributed by atoms with Gasteiger partial charge in [0.2, 0.25) is 5.91 Å². The first kappa shape index (κ1) is 18.5. The zero-order chi connectivity index (χ0) is 19.3. The van der Waals surface area contributed by atoms with Gasteiger partial charge in [0.15, 0.2) is 0 Å². The highest BCUT2D eigenvalue weighted by Gasteiger charge is 2.31. The van der Waals surface area contributed by atoms with E-state index in [4.69, 9.17) is 0 Å². The Hall–Kier alpha value is -2.89. The molecule has 1 saturated carbocycles. The number of aromatic nitrogens is 1. The summed E-state index contributed by atoms with van der Waals surface area (Å²) in [5.41, 5.74) is 1.95. The summed E-state index contributed by atoms with van der Waals surface area (Å²) in [5.74, 6) is 0.743. The van der Waals surface area contributed by atoms with E-state index in [-0.39, 0.29) is 23.9 Å². The molecule has 0 bridgehead atoms. The molecule has 2 aromatic rings. The smallest absolute Gasteiger partial charge is 0.320 e. The van der Waals surface area contributed by atoms with Gasteiger partial charge in [0.1, 0.15) is 5.82 Å². The standard InChI is InChI=1S/C22H26N4O2/c27-21-13-17(16-7-3-1-4-8-16)15-26(21)19-11-12-23-20(14-19)25-22(28)24-18-9-5-2-6-10-18/h1,3-4,7-8,11-12,14,17-18H,2,5-6,9-10,13,15H2,(H2,23,24,25,28)/t17-/m1/s1.